The number of carboxylic acids is 1. The molecule has 0 aromatic heterocycles. The van der Waals surface area contributed by atoms with E-state index in [-0.39, 0.29) is 5.91 Å². The molecule has 0 spiro atoms. The van der Waals surface area contributed by atoms with Gasteiger partial charge in [0.05, 0.1) is 11.8 Å². The zero-order valence-corrected chi connectivity index (χ0v) is 12.0. The average Bonchev–Trinajstić information content (AvgIpc) is 2.96. The van der Waals surface area contributed by atoms with Gasteiger partial charge in [0.2, 0.25) is 5.91 Å². The molecule has 2 N–H and O–H groups in total. The first-order chi connectivity index (χ1) is 9.68. The zero-order chi connectivity index (χ0) is 14.4. The Morgan fingerprint density at radius 1 is 1.10 bits per heavy atom. The van der Waals surface area contributed by atoms with E-state index in [9.17, 15) is 9.59 Å². The van der Waals surface area contributed by atoms with Gasteiger partial charge in [-0.05, 0) is 31.6 Å². The summed E-state index contributed by atoms with van der Waals surface area (Å²) in [6.07, 6.45) is 12.4. The Balaban J connectivity index is 1.70. The van der Waals surface area contributed by atoms with E-state index in [0.29, 0.717) is 19.4 Å². The summed E-state index contributed by atoms with van der Waals surface area (Å²) in [5.41, 5.74) is 0. The number of hydrogen-bond donors (Lipinski definition) is 2. The molecule has 2 atom stereocenters. The fourth-order valence-electron chi connectivity index (χ4n) is 3.41. The highest BCUT2D eigenvalue weighted by Crippen LogP contribution is 2.28. The minimum Gasteiger partial charge on any atom is -0.481 e. The summed E-state index contributed by atoms with van der Waals surface area (Å²) in [4.78, 5) is 23.3. The zero-order valence-electron chi connectivity index (χ0n) is 12.0. The molecule has 0 bridgehead atoms. The van der Waals surface area contributed by atoms with Crippen LogP contribution in [0.2, 0.25) is 0 Å². The van der Waals surface area contributed by atoms with Crippen molar-refractivity contribution in [1.82, 2.24) is 5.32 Å². The molecule has 0 aromatic carbocycles. The van der Waals surface area contributed by atoms with Gasteiger partial charge in [-0.15, -0.1) is 0 Å². The van der Waals surface area contributed by atoms with Crippen molar-refractivity contribution >= 4 is 11.9 Å². The number of allylic oxidation sites excluding steroid dienone is 2. The topological polar surface area (TPSA) is 66.4 Å². The number of nitrogens with one attached hydrogen (secondary N) is 1. The Bertz CT molecular complexity index is 372. The molecular formula is C16H25NO3. The summed E-state index contributed by atoms with van der Waals surface area (Å²) < 4.78 is 0. The number of carboxylic acid groups (broad SMARTS) is 1. The molecule has 0 aromatic rings. The summed E-state index contributed by atoms with van der Waals surface area (Å²) in [6, 6.07) is 0. The van der Waals surface area contributed by atoms with Crippen LogP contribution >= 0.6 is 0 Å². The van der Waals surface area contributed by atoms with Gasteiger partial charge in [0.1, 0.15) is 0 Å². The lowest BCUT2D eigenvalue weighted by Crippen LogP contribution is -2.39. The number of carbonyl (C=O) groups excluding carboxylic acids is 1. The molecule has 2 aliphatic carbocycles. The highest BCUT2D eigenvalue weighted by atomic mass is 16.4. The monoisotopic (exact) mass is 279 g/mol. The Morgan fingerprint density at radius 3 is 2.40 bits per heavy atom. The van der Waals surface area contributed by atoms with E-state index >= 15 is 0 Å². The van der Waals surface area contributed by atoms with Crippen LogP contribution in [-0.2, 0) is 9.59 Å². The first-order valence-electron chi connectivity index (χ1n) is 7.84. The predicted octanol–water partition coefficient (Wildman–Crippen LogP) is 2.74. The summed E-state index contributed by atoms with van der Waals surface area (Å²) in [5, 5.41) is 12.1. The average molecular weight is 279 g/mol. The van der Waals surface area contributed by atoms with E-state index in [1.807, 2.05) is 12.2 Å². The normalized spacial score (nSPS) is 26.6. The Labute approximate surface area is 120 Å². The Morgan fingerprint density at radius 2 is 1.75 bits per heavy atom. The van der Waals surface area contributed by atoms with Gasteiger partial charge in [-0.1, -0.05) is 37.8 Å². The molecule has 1 saturated carbocycles. The molecule has 20 heavy (non-hydrogen) atoms. The largest absolute Gasteiger partial charge is 0.481 e. The Kier molecular flexibility index (Phi) is 5.62. The minimum atomic E-state index is -0.861. The van der Waals surface area contributed by atoms with Crippen LogP contribution < -0.4 is 5.32 Å². The van der Waals surface area contributed by atoms with Crippen molar-refractivity contribution in [1.29, 1.82) is 0 Å². The van der Waals surface area contributed by atoms with E-state index in [0.717, 1.165) is 12.3 Å². The third kappa shape index (κ3) is 4.09. The van der Waals surface area contributed by atoms with Gasteiger partial charge < -0.3 is 10.4 Å². The first kappa shape index (κ1) is 15.1. The van der Waals surface area contributed by atoms with Crippen LogP contribution in [0.4, 0.5) is 0 Å². The highest BCUT2D eigenvalue weighted by molar-refractivity contribution is 5.85. The van der Waals surface area contributed by atoms with Gasteiger partial charge in [-0.2, -0.15) is 0 Å². The molecule has 0 heterocycles. The van der Waals surface area contributed by atoms with Crippen molar-refractivity contribution < 1.29 is 14.7 Å². The number of rotatable bonds is 6. The SMILES string of the molecule is O=C(O)C1CC=CCC1C(=O)NCCCC1CCCC1. The third-order valence-corrected chi connectivity index (χ3v) is 4.65. The molecule has 0 aliphatic heterocycles. The third-order valence-electron chi connectivity index (χ3n) is 4.65. The van der Waals surface area contributed by atoms with E-state index < -0.39 is 17.8 Å². The van der Waals surface area contributed by atoms with Crippen LogP contribution in [0.3, 0.4) is 0 Å². The lowest BCUT2D eigenvalue weighted by atomic mass is 9.82. The van der Waals surface area contributed by atoms with Crippen molar-refractivity contribution in [3.63, 3.8) is 0 Å². The molecule has 4 heteroatoms. The van der Waals surface area contributed by atoms with Crippen molar-refractivity contribution in [2.75, 3.05) is 6.54 Å². The number of aliphatic carboxylic acids is 1. The first-order valence-corrected chi connectivity index (χ1v) is 7.84. The van der Waals surface area contributed by atoms with Gasteiger partial charge in [0, 0.05) is 6.54 Å². The number of carbonyl (C=O) groups is 2. The number of hydrogen-bond acceptors (Lipinski definition) is 2. The summed E-state index contributed by atoms with van der Waals surface area (Å²) in [6.45, 7) is 0.682. The van der Waals surface area contributed by atoms with E-state index in [4.69, 9.17) is 5.11 Å². The van der Waals surface area contributed by atoms with Gasteiger partial charge in [-0.25, -0.2) is 0 Å². The molecule has 2 aliphatic rings. The van der Waals surface area contributed by atoms with Crippen LogP contribution in [0.15, 0.2) is 12.2 Å². The molecule has 4 nitrogen and oxygen atoms in total. The smallest absolute Gasteiger partial charge is 0.307 e. The predicted molar refractivity (Wildman–Crippen MR) is 77.2 cm³/mol. The van der Waals surface area contributed by atoms with Gasteiger partial charge >= 0.3 is 5.97 Å². The van der Waals surface area contributed by atoms with Gasteiger partial charge in [0.15, 0.2) is 0 Å². The molecule has 112 valence electrons. The molecule has 2 rings (SSSR count). The van der Waals surface area contributed by atoms with Crippen molar-refractivity contribution in [3.8, 4) is 0 Å². The number of amides is 1. The molecule has 1 amide bonds. The standard InChI is InChI=1S/C16H25NO3/c18-15(13-9-3-4-10-14(13)16(19)20)17-11-5-8-12-6-1-2-7-12/h3-4,12-14H,1-2,5-11H2,(H,17,18)(H,19,20). The van der Waals surface area contributed by atoms with Crippen LogP contribution in [0.25, 0.3) is 0 Å². The second-order valence-electron chi connectivity index (χ2n) is 6.08. The second-order valence-corrected chi connectivity index (χ2v) is 6.08. The molecule has 1 fully saturated rings. The van der Waals surface area contributed by atoms with Crippen LogP contribution in [0, 0.1) is 17.8 Å². The lowest BCUT2D eigenvalue weighted by Gasteiger charge is -2.24. The fraction of sp³-hybridized carbons (Fsp3) is 0.750. The molecular weight excluding hydrogens is 254 g/mol. The summed E-state index contributed by atoms with van der Waals surface area (Å²) in [7, 11) is 0. The maximum Gasteiger partial charge on any atom is 0.307 e. The highest BCUT2D eigenvalue weighted by Gasteiger charge is 2.33. The fourth-order valence-corrected chi connectivity index (χ4v) is 3.41. The second kappa shape index (κ2) is 7.46. The minimum absolute atomic E-state index is 0.0897. The summed E-state index contributed by atoms with van der Waals surface area (Å²) >= 11 is 0. The van der Waals surface area contributed by atoms with E-state index in [1.165, 1.54) is 32.1 Å². The Hall–Kier alpha value is -1.32. The van der Waals surface area contributed by atoms with Gasteiger partial charge in [-0.3, -0.25) is 9.59 Å². The molecule has 2 unspecified atom stereocenters. The van der Waals surface area contributed by atoms with Gasteiger partial charge in [0.25, 0.3) is 0 Å². The van der Waals surface area contributed by atoms with Crippen molar-refractivity contribution in [3.05, 3.63) is 12.2 Å². The maximum absolute atomic E-state index is 12.1. The molecule has 0 radical (unpaired) electrons. The van der Waals surface area contributed by atoms with E-state index in [2.05, 4.69) is 5.32 Å². The molecule has 0 saturated heterocycles. The van der Waals surface area contributed by atoms with Crippen molar-refractivity contribution in [2.45, 2.75) is 51.4 Å². The van der Waals surface area contributed by atoms with E-state index in [1.54, 1.807) is 0 Å². The lowest BCUT2D eigenvalue weighted by molar-refractivity contribution is -0.147. The quantitative estimate of drug-likeness (QED) is 0.580. The summed E-state index contributed by atoms with van der Waals surface area (Å²) in [5.74, 6) is -1.07. The van der Waals surface area contributed by atoms with Crippen LogP contribution in [-0.4, -0.2) is 23.5 Å². The van der Waals surface area contributed by atoms with Crippen molar-refractivity contribution in [2.24, 2.45) is 17.8 Å². The maximum atomic E-state index is 12.1. The van der Waals surface area contributed by atoms with Crippen LogP contribution in [0.5, 0.6) is 0 Å². The van der Waals surface area contributed by atoms with Crippen LogP contribution in [0.1, 0.15) is 51.4 Å².